The van der Waals surface area contributed by atoms with Crippen LogP contribution in [-0.4, -0.2) is 22.7 Å². The lowest BCUT2D eigenvalue weighted by molar-refractivity contribution is -0.122. The van der Waals surface area contributed by atoms with Gasteiger partial charge in [0.15, 0.2) is 0 Å². The molecule has 0 fully saturated rings. The molecule has 2 N–H and O–H groups in total. The van der Waals surface area contributed by atoms with E-state index in [9.17, 15) is 9.18 Å². The van der Waals surface area contributed by atoms with Crippen LogP contribution in [0.3, 0.4) is 0 Å². The van der Waals surface area contributed by atoms with Crippen molar-refractivity contribution < 1.29 is 18.7 Å². The lowest BCUT2D eigenvalue weighted by Crippen LogP contribution is -2.56. The molecule has 2 aromatic rings. The number of amides is 1. The number of benzene rings is 2. The normalized spacial score (nSPS) is 18.0. The molecule has 0 saturated carbocycles. The summed E-state index contributed by atoms with van der Waals surface area (Å²) >= 11 is 1.25. The molecule has 0 bridgehead atoms. The van der Waals surface area contributed by atoms with Crippen LogP contribution in [0.15, 0.2) is 47.6 Å². The Kier molecular flexibility index (Phi) is 6.87. The summed E-state index contributed by atoms with van der Waals surface area (Å²) < 4.78 is 24.9. The molecule has 1 aliphatic rings. The first kappa shape index (κ1) is 22.0. The molecule has 6 nitrogen and oxygen atoms in total. The van der Waals surface area contributed by atoms with E-state index < -0.39 is 5.18 Å². The highest BCUT2D eigenvalue weighted by Gasteiger charge is 2.42. The number of carbonyl (C=O) groups is 1. The molecule has 2 aromatic carbocycles. The Hall–Kier alpha value is -2.74. The van der Waals surface area contributed by atoms with Crippen molar-refractivity contribution in [3.8, 4) is 11.5 Å². The van der Waals surface area contributed by atoms with E-state index in [1.807, 2.05) is 25.1 Å². The molecule has 1 amide bonds. The molecule has 0 saturated heterocycles. The molecule has 3 rings (SSSR count). The van der Waals surface area contributed by atoms with Crippen LogP contribution in [0, 0.1) is 11.7 Å². The van der Waals surface area contributed by atoms with Gasteiger partial charge in [0.05, 0.1) is 6.61 Å². The molecule has 8 heteroatoms. The third-order valence-electron chi connectivity index (χ3n) is 4.21. The molecule has 1 aliphatic heterocycles. The summed E-state index contributed by atoms with van der Waals surface area (Å²) in [6.07, 6.45) is 0.849. The second-order valence-electron chi connectivity index (χ2n) is 7.33. The van der Waals surface area contributed by atoms with Gasteiger partial charge in [0, 0.05) is 12.5 Å². The smallest absolute Gasteiger partial charge is 0.334 e. The topological polar surface area (TPSA) is 72.0 Å². The van der Waals surface area contributed by atoms with Crippen molar-refractivity contribution in [2.24, 2.45) is 11.0 Å². The molecule has 1 atom stereocenters. The summed E-state index contributed by atoms with van der Waals surface area (Å²) in [6.45, 7) is 8.24. The highest BCUT2D eigenvalue weighted by atomic mass is 32.2. The highest BCUT2D eigenvalue weighted by Crippen LogP contribution is 2.35. The second kappa shape index (κ2) is 9.38. The van der Waals surface area contributed by atoms with Crippen LogP contribution in [0.2, 0.25) is 0 Å². The lowest BCUT2D eigenvalue weighted by Gasteiger charge is -2.28. The predicted octanol–water partition coefficient (Wildman–Crippen LogP) is 4.25. The maximum atomic E-state index is 13.2. The summed E-state index contributed by atoms with van der Waals surface area (Å²) in [6, 6.07) is 11.5. The number of halogens is 1. The number of hydrogen-bond acceptors (Lipinski definition) is 6. The van der Waals surface area contributed by atoms with E-state index in [0.29, 0.717) is 23.3 Å². The third-order valence-corrected chi connectivity index (χ3v) is 5.28. The first-order chi connectivity index (χ1) is 14.3. The summed E-state index contributed by atoms with van der Waals surface area (Å²) in [5.74, 6) is 0.992. The number of ether oxygens (including phenoxy) is 2. The molecule has 1 unspecified atom stereocenters. The van der Waals surface area contributed by atoms with Gasteiger partial charge in [-0.15, -0.1) is 0 Å². The standard InChI is InChI=1S/C22H26FN3O3S/c1-5-28-19-10-11-20(16(13-19)12-14(2)3)21-25-26-22(30-21,24-15(4)27)29-18-8-6-17(23)7-9-18/h6-11,13-14,26H,5,12H2,1-4H3,(H,24,27). The zero-order chi connectivity index (χ0) is 21.7. The van der Waals surface area contributed by atoms with Gasteiger partial charge in [-0.25, -0.2) is 9.82 Å². The van der Waals surface area contributed by atoms with Crippen LogP contribution in [0.5, 0.6) is 11.5 Å². The Bertz CT molecular complexity index is 934. The van der Waals surface area contributed by atoms with Gasteiger partial charge in [-0.2, -0.15) is 5.10 Å². The summed E-state index contributed by atoms with van der Waals surface area (Å²) in [7, 11) is 0. The monoisotopic (exact) mass is 431 g/mol. The average molecular weight is 432 g/mol. The fourth-order valence-corrected chi connectivity index (χ4v) is 4.18. The number of nitrogens with one attached hydrogen (secondary N) is 2. The van der Waals surface area contributed by atoms with Gasteiger partial charge in [0.1, 0.15) is 22.4 Å². The van der Waals surface area contributed by atoms with Crippen molar-refractivity contribution in [2.45, 2.75) is 39.3 Å². The Morgan fingerprint density at radius 1 is 1.23 bits per heavy atom. The van der Waals surface area contributed by atoms with E-state index in [-0.39, 0.29) is 11.7 Å². The van der Waals surface area contributed by atoms with Crippen molar-refractivity contribution in [1.29, 1.82) is 0 Å². The first-order valence-corrected chi connectivity index (χ1v) is 10.6. The number of hydrogen-bond donors (Lipinski definition) is 2. The Balaban J connectivity index is 1.88. The van der Waals surface area contributed by atoms with E-state index in [2.05, 4.69) is 29.7 Å². The molecular weight excluding hydrogens is 405 g/mol. The number of carbonyl (C=O) groups excluding carboxylic acids is 1. The van der Waals surface area contributed by atoms with Crippen molar-refractivity contribution in [3.05, 3.63) is 59.4 Å². The Morgan fingerprint density at radius 2 is 1.93 bits per heavy atom. The van der Waals surface area contributed by atoms with Gasteiger partial charge in [0.25, 0.3) is 0 Å². The zero-order valence-corrected chi connectivity index (χ0v) is 18.3. The number of nitrogens with zero attached hydrogens (tertiary/aromatic N) is 1. The number of thioether (sulfide) groups is 1. The van der Waals surface area contributed by atoms with Gasteiger partial charge in [-0.05, 0) is 79.1 Å². The lowest BCUT2D eigenvalue weighted by atomic mass is 9.98. The van der Waals surface area contributed by atoms with E-state index in [1.54, 1.807) is 0 Å². The number of hydrazone groups is 1. The zero-order valence-electron chi connectivity index (χ0n) is 17.5. The minimum Gasteiger partial charge on any atom is -0.494 e. The predicted molar refractivity (Wildman–Crippen MR) is 117 cm³/mol. The molecule has 0 spiro atoms. The van der Waals surface area contributed by atoms with Crippen LogP contribution in [0.25, 0.3) is 0 Å². The van der Waals surface area contributed by atoms with Crippen molar-refractivity contribution in [3.63, 3.8) is 0 Å². The van der Waals surface area contributed by atoms with Gasteiger partial charge in [-0.1, -0.05) is 13.8 Å². The fraction of sp³-hybridized carbons (Fsp3) is 0.364. The molecule has 160 valence electrons. The van der Waals surface area contributed by atoms with E-state index >= 15 is 0 Å². The van der Waals surface area contributed by atoms with Crippen molar-refractivity contribution >= 4 is 22.7 Å². The molecule has 1 heterocycles. The summed E-state index contributed by atoms with van der Waals surface area (Å²) in [5, 5.41) is 6.57. The van der Waals surface area contributed by atoms with Crippen molar-refractivity contribution in [1.82, 2.24) is 10.7 Å². The average Bonchev–Trinajstić information content (AvgIpc) is 3.06. The second-order valence-corrected chi connectivity index (χ2v) is 8.50. The highest BCUT2D eigenvalue weighted by molar-refractivity contribution is 8.15. The Morgan fingerprint density at radius 3 is 2.57 bits per heavy atom. The van der Waals surface area contributed by atoms with Crippen molar-refractivity contribution in [2.75, 3.05) is 6.61 Å². The van der Waals surface area contributed by atoms with Gasteiger partial charge in [0.2, 0.25) is 5.91 Å². The maximum absolute atomic E-state index is 13.2. The van der Waals surface area contributed by atoms with Crippen LogP contribution >= 0.6 is 11.8 Å². The van der Waals surface area contributed by atoms with Crippen LogP contribution in [-0.2, 0) is 11.2 Å². The van der Waals surface area contributed by atoms with Crippen LogP contribution in [0.1, 0.15) is 38.8 Å². The fourth-order valence-electron chi connectivity index (χ4n) is 3.09. The largest absolute Gasteiger partial charge is 0.494 e. The summed E-state index contributed by atoms with van der Waals surface area (Å²) in [5.41, 5.74) is 4.95. The Labute approximate surface area is 180 Å². The molecule has 30 heavy (non-hydrogen) atoms. The minimum atomic E-state index is -1.33. The minimum absolute atomic E-state index is 0.289. The van der Waals surface area contributed by atoms with E-state index in [4.69, 9.17) is 9.47 Å². The quantitative estimate of drug-likeness (QED) is 0.612. The molecular formula is C22H26FN3O3S. The maximum Gasteiger partial charge on any atom is 0.334 e. The van der Waals surface area contributed by atoms with E-state index in [1.165, 1.54) is 43.0 Å². The van der Waals surface area contributed by atoms with Crippen LogP contribution < -0.4 is 20.2 Å². The summed E-state index contributed by atoms with van der Waals surface area (Å²) in [4.78, 5) is 11.8. The van der Waals surface area contributed by atoms with Gasteiger partial charge >= 0.3 is 5.18 Å². The van der Waals surface area contributed by atoms with E-state index in [0.717, 1.165) is 23.3 Å². The SMILES string of the molecule is CCOc1ccc(C2=NNC(NC(C)=O)(Oc3ccc(F)cc3)S2)c(CC(C)C)c1. The first-order valence-electron chi connectivity index (χ1n) is 9.83. The van der Waals surface area contributed by atoms with Crippen LogP contribution in [0.4, 0.5) is 4.39 Å². The molecule has 0 radical (unpaired) electrons. The number of rotatable bonds is 8. The molecule has 0 aromatic heterocycles. The van der Waals surface area contributed by atoms with Gasteiger partial charge in [-0.3, -0.25) is 10.1 Å². The third kappa shape index (κ3) is 5.44. The van der Waals surface area contributed by atoms with Gasteiger partial charge < -0.3 is 9.47 Å². The molecule has 0 aliphatic carbocycles.